The van der Waals surface area contributed by atoms with E-state index in [1.165, 1.54) is 11.1 Å². The van der Waals surface area contributed by atoms with Crippen LogP contribution in [-0.4, -0.2) is 13.2 Å². The summed E-state index contributed by atoms with van der Waals surface area (Å²) < 4.78 is 0. The van der Waals surface area contributed by atoms with Gasteiger partial charge in [0.2, 0.25) is 0 Å². The zero-order valence-electron chi connectivity index (χ0n) is 12.9. The third kappa shape index (κ3) is 18.4. The molecule has 5 heteroatoms. The molecule has 2 radical (unpaired) electrons. The maximum atomic E-state index is 6.94. The number of rotatable bonds is 0. The van der Waals surface area contributed by atoms with E-state index in [0.717, 1.165) is 6.42 Å². The molecule has 2 rings (SSSR count). The molecule has 0 heterocycles. The summed E-state index contributed by atoms with van der Waals surface area (Å²) in [6.07, 6.45) is 6.21. The number of hydrogen-bond acceptors (Lipinski definition) is 0. The van der Waals surface area contributed by atoms with E-state index in [0.29, 0.717) is 0 Å². The number of allylic oxidation sites excluding steroid dienone is 1. The first-order chi connectivity index (χ1) is 7.47. The van der Waals surface area contributed by atoms with Gasteiger partial charge in [0.25, 0.3) is 0 Å². The van der Waals surface area contributed by atoms with Crippen LogP contribution in [0.5, 0.6) is 0 Å². The van der Waals surface area contributed by atoms with Crippen LogP contribution in [-0.2, 0) is 25.6 Å². The molecule has 0 amide bonds. The van der Waals surface area contributed by atoms with Crippen LogP contribution in [0.15, 0.2) is 24.3 Å². The number of fused-ring (bicyclic) bond motifs is 1. The van der Waals surface area contributed by atoms with E-state index < -0.39 is 0 Å². The summed E-state index contributed by atoms with van der Waals surface area (Å²) in [7, 11) is 2.97. The van der Waals surface area contributed by atoms with Gasteiger partial charge in [-0.3, -0.25) is 6.08 Å². The molecule has 1 aliphatic rings. The van der Waals surface area contributed by atoms with Crippen molar-refractivity contribution in [2.45, 2.75) is 32.7 Å². The number of nitrogens with one attached hydrogen (secondary N) is 1. The Morgan fingerprint density at radius 2 is 1.50 bits per heavy atom. The van der Waals surface area contributed by atoms with E-state index in [4.69, 9.17) is 5.73 Å². The average Bonchev–Trinajstić information content (AvgIpc) is 2.66. The predicted molar refractivity (Wildman–Crippen MR) is 95.0 cm³/mol. The van der Waals surface area contributed by atoms with Gasteiger partial charge >= 0.3 is 26.8 Å². The van der Waals surface area contributed by atoms with E-state index in [-0.39, 0.29) is 45.2 Å². The molecule has 0 atom stereocenters. The molecule has 116 valence electrons. The fourth-order valence-corrected chi connectivity index (χ4v) is 1.11. The van der Waals surface area contributed by atoms with Crippen LogP contribution in [0.4, 0.5) is 0 Å². The Kier molecular flexibility index (Phi) is 28.3. The Balaban J connectivity index is -0.0000000616. The van der Waals surface area contributed by atoms with Gasteiger partial charge in [0.1, 0.15) is 0 Å². The molecule has 1 N–H and O–H groups in total. The van der Waals surface area contributed by atoms with E-state index in [2.05, 4.69) is 44.0 Å². The molecule has 1 aromatic carbocycles. The summed E-state index contributed by atoms with van der Waals surface area (Å²) in [4.78, 5) is 0. The fraction of sp³-hybridized carbons (Fsp3) is 0.333. The van der Waals surface area contributed by atoms with Gasteiger partial charge < -0.3 is 20.6 Å². The van der Waals surface area contributed by atoms with Gasteiger partial charge in [-0.1, -0.05) is 39.0 Å². The fourth-order valence-electron chi connectivity index (χ4n) is 1.11. The SMILES string of the molecule is CC(C)(C)[NH-].Cl.Cl.[C-]1=Cc2ccccc2C1.[CH3-].[CH3-].[Si]=[Ti]. The molecule has 1 aliphatic carbocycles. The molecule has 0 aliphatic heterocycles. The van der Waals surface area contributed by atoms with Gasteiger partial charge in [-0.15, -0.1) is 48.4 Å². The first-order valence-electron chi connectivity index (χ1n) is 5.11. The van der Waals surface area contributed by atoms with Gasteiger partial charge in [0.05, 0.1) is 0 Å². The van der Waals surface area contributed by atoms with Crippen molar-refractivity contribution in [1.82, 2.24) is 0 Å². The molecule has 0 saturated carbocycles. The molecular formula is C15H25Cl2NSiTi-4. The molecule has 20 heavy (non-hydrogen) atoms. The number of hydrogen-bond donors (Lipinski definition) is 0. The standard InChI is InChI=1S/C9H7.C4H10N.2CH3.2ClH.Si.Ti/c1-2-5-9-7-3-6-8(9)4-1;1-4(2,3)5;;;;;;/h1-2,4-6H,7H2;5H,1-3H3;2*1H3;2*1H;;/q4*-1;;;;. The third-order valence-electron chi connectivity index (χ3n) is 1.61. The first kappa shape index (κ1) is 32.4. The van der Waals surface area contributed by atoms with Crippen LogP contribution in [0.1, 0.15) is 31.9 Å². The summed E-state index contributed by atoms with van der Waals surface area (Å²) in [5, 5.41) is 0. The van der Waals surface area contributed by atoms with Crippen LogP contribution < -0.4 is 0 Å². The van der Waals surface area contributed by atoms with E-state index in [1.807, 2.05) is 20.8 Å². The third-order valence-corrected chi connectivity index (χ3v) is 1.61. The molecule has 0 spiro atoms. The Hall–Kier alpha value is 0.431. The van der Waals surface area contributed by atoms with Crippen molar-refractivity contribution in [3.05, 3.63) is 62.1 Å². The van der Waals surface area contributed by atoms with Gasteiger partial charge in [0, 0.05) is 0 Å². The summed E-state index contributed by atoms with van der Waals surface area (Å²) in [6, 6.07) is 8.39. The summed E-state index contributed by atoms with van der Waals surface area (Å²) in [5.41, 5.74) is 9.42. The van der Waals surface area contributed by atoms with Crippen LogP contribution in [0.3, 0.4) is 0 Å². The Labute approximate surface area is 152 Å². The number of benzene rings is 1. The molecule has 0 saturated heterocycles. The van der Waals surface area contributed by atoms with Crippen LogP contribution in [0, 0.1) is 20.9 Å². The van der Waals surface area contributed by atoms with Crippen LogP contribution in [0.2, 0.25) is 0 Å². The molecule has 0 bridgehead atoms. The predicted octanol–water partition coefficient (Wildman–Crippen LogP) is 5.26. The van der Waals surface area contributed by atoms with E-state index in [9.17, 15) is 0 Å². The molecule has 0 unspecified atom stereocenters. The normalized spacial score (nSPS) is 9.35. The van der Waals surface area contributed by atoms with Crippen molar-refractivity contribution in [2.75, 3.05) is 0 Å². The quantitative estimate of drug-likeness (QED) is 0.442. The molecule has 0 aromatic heterocycles. The number of halogens is 2. The minimum atomic E-state index is -0.250. The summed E-state index contributed by atoms with van der Waals surface area (Å²) >= 11 is 1.81. The van der Waals surface area contributed by atoms with Crippen molar-refractivity contribution in [3.63, 3.8) is 0 Å². The zero-order chi connectivity index (χ0) is 12.6. The Bertz CT molecular complexity index is 346. The maximum absolute atomic E-state index is 6.94. The molecular weight excluding hydrogens is 341 g/mol. The van der Waals surface area contributed by atoms with Crippen molar-refractivity contribution >= 4 is 38.5 Å². The second kappa shape index (κ2) is 17.5. The second-order valence-corrected chi connectivity index (χ2v) is 4.47. The minimum absolute atomic E-state index is 0. The van der Waals surface area contributed by atoms with E-state index >= 15 is 0 Å². The zero-order valence-corrected chi connectivity index (χ0v) is 17.1. The van der Waals surface area contributed by atoms with Crippen molar-refractivity contribution in [3.8, 4) is 0 Å². The molecule has 1 aromatic rings. The van der Waals surface area contributed by atoms with Crippen molar-refractivity contribution < 1.29 is 19.2 Å². The van der Waals surface area contributed by atoms with Crippen LogP contribution in [0.25, 0.3) is 11.8 Å². The first-order valence-corrected chi connectivity index (χ1v) is 7.95. The average molecular weight is 366 g/mol. The van der Waals surface area contributed by atoms with Crippen molar-refractivity contribution in [2.24, 2.45) is 0 Å². The summed E-state index contributed by atoms with van der Waals surface area (Å²) in [6.45, 7) is 5.56. The van der Waals surface area contributed by atoms with Gasteiger partial charge in [0.15, 0.2) is 0 Å². The van der Waals surface area contributed by atoms with Crippen LogP contribution >= 0.6 is 24.8 Å². The topological polar surface area (TPSA) is 23.8 Å². The molecule has 1 nitrogen and oxygen atoms in total. The summed E-state index contributed by atoms with van der Waals surface area (Å²) in [5.74, 6) is 0. The van der Waals surface area contributed by atoms with Crippen molar-refractivity contribution in [1.29, 1.82) is 0 Å². The van der Waals surface area contributed by atoms with Gasteiger partial charge in [-0.05, 0) is 0 Å². The monoisotopic (exact) mass is 365 g/mol. The van der Waals surface area contributed by atoms with Gasteiger partial charge in [-0.2, -0.15) is 5.56 Å². The Morgan fingerprint density at radius 1 is 1.10 bits per heavy atom. The Morgan fingerprint density at radius 3 is 1.90 bits per heavy atom. The van der Waals surface area contributed by atoms with Gasteiger partial charge in [-0.25, -0.2) is 6.08 Å². The van der Waals surface area contributed by atoms with E-state index in [1.54, 1.807) is 19.2 Å². The molecule has 0 fully saturated rings. The second-order valence-electron chi connectivity index (χ2n) is 4.47.